The third kappa shape index (κ3) is 5.29. The van der Waals surface area contributed by atoms with Crippen LogP contribution in [-0.2, 0) is 5.41 Å². The third-order valence-corrected chi connectivity index (χ3v) is 12.9. The van der Waals surface area contributed by atoms with Gasteiger partial charge in [0, 0.05) is 31.5 Å². The number of thiophene rings is 1. The fourth-order valence-corrected chi connectivity index (χ4v) is 10.5. The fourth-order valence-electron chi connectivity index (χ4n) is 9.34. The van der Waals surface area contributed by atoms with Gasteiger partial charge in [0.2, 0.25) is 0 Å². The summed E-state index contributed by atoms with van der Waals surface area (Å²) in [6.07, 6.45) is 0. The summed E-state index contributed by atoms with van der Waals surface area (Å²) >= 11 is 1.87. The van der Waals surface area contributed by atoms with Crippen molar-refractivity contribution in [3.63, 3.8) is 0 Å². The largest absolute Gasteiger partial charge is 0.310 e. The maximum atomic E-state index is 2.42. The van der Waals surface area contributed by atoms with Gasteiger partial charge in [0.05, 0.1) is 11.1 Å². The summed E-state index contributed by atoms with van der Waals surface area (Å²) < 4.78 is 2.57. The smallest absolute Gasteiger partial charge is 0.0713 e. The second kappa shape index (κ2) is 13.6. The minimum Gasteiger partial charge on any atom is -0.310 e. The Morgan fingerprint density at radius 2 is 0.842 bits per heavy atom. The number of anilines is 3. The van der Waals surface area contributed by atoms with E-state index in [1.807, 2.05) is 11.3 Å². The Hall–Kier alpha value is -7.00. The van der Waals surface area contributed by atoms with Crippen LogP contribution in [0.4, 0.5) is 17.1 Å². The van der Waals surface area contributed by atoms with Gasteiger partial charge in [0.25, 0.3) is 0 Å². The lowest BCUT2D eigenvalue weighted by molar-refractivity contribution is 0.769. The van der Waals surface area contributed by atoms with Crippen LogP contribution in [0.3, 0.4) is 0 Å². The molecule has 0 amide bonds. The van der Waals surface area contributed by atoms with Crippen LogP contribution in [0.5, 0.6) is 0 Å². The third-order valence-electron chi connectivity index (χ3n) is 11.8. The van der Waals surface area contributed by atoms with Gasteiger partial charge in [-0.25, -0.2) is 0 Å². The van der Waals surface area contributed by atoms with E-state index in [2.05, 4.69) is 229 Å². The first-order valence-electron chi connectivity index (χ1n) is 19.6. The summed E-state index contributed by atoms with van der Waals surface area (Å²) in [5.74, 6) is 0. The zero-order chi connectivity index (χ0) is 37.8. The molecule has 1 heterocycles. The summed E-state index contributed by atoms with van der Waals surface area (Å²) in [5, 5.41) is 2.58. The van der Waals surface area contributed by atoms with Crippen LogP contribution < -0.4 is 4.90 Å². The minimum atomic E-state index is -0.435. The van der Waals surface area contributed by atoms with Crippen LogP contribution in [0, 0.1) is 0 Å². The average molecular weight is 744 g/mol. The van der Waals surface area contributed by atoms with E-state index in [0.717, 1.165) is 11.4 Å². The van der Waals surface area contributed by atoms with E-state index in [4.69, 9.17) is 0 Å². The van der Waals surface area contributed by atoms with E-state index >= 15 is 0 Å². The van der Waals surface area contributed by atoms with Gasteiger partial charge in [0.15, 0.2) is 0 Å². The molecule has 0 aliphatic heterocycles. The predicted molar refractivity (Wildman–Crippen MR) is 242 cm³/mol. The van der Waals surface area contributed by atoms with Crippen LogP contribution in [-0.4, -0.2) is 0 Å². The van der Waals surface area contributed by atoms with Crippen molar-refractivity contribution >= 4 is 48.6 Å². The molecule has 0 N–H and O–H groups in total. The van der Waals surface area contributed by atoms with Gasteiger partial charge in [0.1, 0.15) is 0 Å². The zero-order valence-corrected chi connectivity index (χ0v) is 32.0. The Balaban J connectivity index is 1.06. The summed E-state index contributed by atoms with van der Waals surface area (Å²) in [7, 11) is 0. The maximum absolute atomic E-state index is 2.42. The summed E-state index contributed by atoms with van der Waals surface area (Å²) in [6, 6.07) is 82.3. The van der Waals surface area contributed by atoms with Gasteiger partial charge in [-0.3, -0.25) is 0 Å². The Morgan fingerprint density at radius 1 is 0.333 bits per heavy atom. The van der Waals surface area contributed by atoms with Gasteiger partial charge in [-0.05, 0) is 104 Å². The molecule has 0 unspecified atom stereocenters. The highest BCUT2D eigenvalue weighted by atomic mass is 32.1. The Labute approximate surface area is 337 Å². The molecule has 0 saturated carbocycles. The van der Waals surface area contributed by atoms with E-state index in [1.165, 1.54) is 81.5 Å². The fraction of sp³-hybridized carbons (Fsp3) is 0.0182. The summed E-state index contributed by atoms with van der Waals surface area (Å²) in [4.78, 5) is 2.42. The van der Waals surface area contributed by atoms with Gasteiger partial charge >= 0.3 is 0 Å². The molecule has 0 fully saturated rings. The lowest BCUT2D eigenvalue weighted by Crippen LogP contribution is -2.28. The van der Waals surface area contributed by atoms with Crippen molar-refractivity contribution in [3.05, 3.63) is 247 Å². The van der Waals surface area contributed by atoms with Gasteiger partial charge < -0.3 is 4.90 Å². The van der Waals surface area contributed by atoms with Crippen LogP contribution >= 0.6 is 11.3 Å². The zero-order valence-electron chi connectivity index (χ0n) is 31.2. The monoisotopic (exact) mass is 743 g/mol. The number of hydrogen-bond acceptors (Lipinski definition) is 2. The van der Waals surface area contributed by atoms with E-state index in [0.29, 0.717) is 0 Å². The van der Waals surface area contributed by atoms with E-state index < -0.39 is 5.41 Å². The Morgan fingerprint density at radius 3 is 1.54 bits per heavy atom. The molecule has 10 aromatic rings. The van der Waals surface area contributed by atoms with Crippen LogP contribution in [0.15, 0.2) is 224 Å². The SMILES string of the molecule is c1ccc(-c2cccc3sc4cccc(N(c5ccccc5)c5ccc(-c6cccc(C7(c8ccccc8)c8ccccc8-c8ccccc87)c6)cc5)c4c23)cc1. The average Bonchev–Trinajstić information content (AvgIpc) is 3.83. The lowest BCUT2D eigenvalue weighted by atomic mass is 9.67. The van der Waals surface area contributed by atoms with Crippen LogP contribution in [0.2, 0.25) is 0 Å². The molecule has 0 atom stereocenters. The minimum absolute atomic E-state index is 0.435. The topological polar surface area (TPSA) is 3.24 Å². The molecule has 0 radical (unpaired) electrons. The number of para-hydroxylation sites is 1. The highest BCUT2D eigenvalue weighted by Gasteiger charge is 2.45. The Kier molecular flexibility index (Phi) is 7.98. The van der Waals surface area contributed by atoms with Gasteiger partial charge in [-0.1, -0.05) is 176 Å². The normalized spacial score (nSPS) is 12.7. The van der Waals surface area contributed by atoms with Crippen LogP contribution in [0.25, 0.3) is 53.6 Å². The molecule has 2 heteroatoms. The number of benzene rings is 9. The molecule has 0 bridgehead atoms. The molecule has 1 aliphatic rings. The molecule has 1 aliphatic carbocycles. The molecule has 11 rings (SSSR count). The molecule has 0 spiro atoms. The molecular weight excluding hydrogens is 707 g/mol. The number of hydrogen-bond donors (Lipinski definition) is 0. The summed E-state index contributed by atoms with van der Waals surface area (Å²) in [6.45, 7) is 0. The van der Waals surface area contributed by atoms with Crippen molar-refractivity contribution in [2.75, 3.05) is 4.90 Å². The van der Waals surface area contributed by atoms with Crippen molar-refractivity contribution in [3.8, 4) is 33.4 Å². The Bertz CT molecular complexity index is 3010. The summed E-state index contributed by atoms with van der Waals surface area (Å²) in [5.41, 5.74) is 15.7. The van der Waals surface area contributed by atoms with E-state index in [-0.39, 0.29) is 0 Å². The quantitative estimate of drug-likeness (QED) is 0.157. The number of nitrogens with zero attached hydrogens (tertiary/aromatic N) is 1. The maximum Gasteiger partial charge on any atom is 0.0713 e. The molecule has 1 nitrogen and oxygen atoms in total. The second-order valence-electron chi connectivity index (χ2n) is 14.8. The van der Waals surface area contributed by atoms with E-state index in [1.54, 1.807) is 0 Å². The van der Waals surface area contributed by atoms with E-state index in [9.17, 15) is 0 Å². The molecule has 268 valence electrons. The second-order valence-corrected chi connectivity index (χ2v) is 15.9. The standard InChI is InChI=1S/C55H37NS/c1-4-17-39(18-5-1)45-27-15-31-51-53(45)54-50(30-16-32-52(54)57-51)56(43-23-8-3-9-24-43)44-35-33-38(34-36-44)40-19-14-22-42(37-40)55(41-20-6-2-7-21-41)48-28-12-10-25-46(48)47-26-11-13-29-49(47)55/h1-37H. The number of rotatable bonds is 7. The first-order valence-corrected chi connectivity index (χ1v) is 20.4. The van der Waals surface area contributed by atoms with Crippen molar-refractivity contribution in [2.24, 2.45) is 0 Å². The predicted octanol–water partition coefficient (Wildman–Crippen LogP) is 15.2. The van der Waals surface area contributed by atoms with Crippen molar-refractivity contribution in [1.82, 2.24) is 0 Å². The lowest BCUT2D eigenvalue weighted by Gasteiger charge is -2.34. The highest BCUT2D eigenvalue weighted by Crippen LogP contribution is 2.56. The molecular formula is C55H37NS. The molecule has 1 aromatic heterocycles. The molecule has 9 aromatic carbocycles. The highest BCUT2D eigenvalue weighted by molar-refractivity contribution is 7.26. The van der Waals surface area contributed by atoms with Crippen molar-refractivity contribution in [2.45, 2.75) is 5.41 Å². The van der Waals surface area contributed by atoms with Gasteiger partial charge in [-0.15, -0.1) is 11.3 Å². The first kappa shape index (κ1) is 33.3. The van der Waals surface area contributed by atoms with Crippen molar-refractivity contribution < 1.29 is 0 Å². The molecule has 57 heavy (non-hydrogen) atoms. The molecule has 0 saturated heterocycles. The first-order chi connectivity index (χ1) is 28.3. The van der Waals surface area contributed by atoms with Gasteiger partial charge in [-0.2, -0.15) is 0 Å². The number of fused-ring (bicyclic) bond motifs is 6. The van der Waals surface area contributed by atoms with Crippen molar-refractivity contribution in [1.29, 1.82) is 0 Å². The van der Waals surface area contributed by atoms with Crippen LogP contribution in [0.1, 0.15) is 22.3 Å².